The average Bonchev–Trinajstić information content (AvgIpc) is 2.67. The van der Waals surface area contributed by atoms with Crippen LogP contribution in [0.3, 0.4) is 0 Å². The Morgan fingerprint density at radius 2 is 1.44 bits per heavy atom. The average molecular weight is 395 g/mol. The molecular weight excluding hydrogens is 376 g/mol. The van der Waals surface area contributed by atoms with Gasteiger partial charge in [0.25, 0.3) is 0 Å². The number of para-hydroxylation sites is 1. The summed E-state index contributed by atoms with van der Waals surface area (Å²) in [7, 11) is 0. The molecule has 0 fully saturated rings. The van der Waals surface area contributed by atoms with E-state index in [1.807, 2.05) is 84.9 Å². The van der Waals surface area contributed by atoms with Gasteiger partial charge in [-0.2, -0.15) is 0 Å². The van der Waals surface area contributed by atoms with Crippen LogP contribution in [0.15, 0.2) is 89.4 Å². The fraction of sp³-hybridized carbons (Fsp3) is 0.0952. The smallest absolute Gasteiger partial charge is 0.246 e. The Morgan fingerprint density at radius 3 is 2.08 bits per heavy atom. The molecule has 0 aliphatic heterocycles. The van der Waals surface area contributed by atoms with Crippen molar-refractivity contribution in [2.75, 3.05) is 16.8 Å². The van der Waals surface area contributed by atoms with Gasteiger partial charge in [0.05, 0.1) is 13.1 Å². The lowest BCUT2D eigenvalue weighted by molar-refractivity contribution is -0.117. The van der Waals surface area contributed by atoms with Crippen molar-refractivity contribution in [2.24, 2.45) is 0 Å². The van der Waals surface area contributed by atoms with Gasteiger partial charge in [-0.1, -0.05) is 64.5 Å². The molecule has 0 spiro atoms. The molecule has 0 aliphatic rings. The molecule has 0 atom stereocenters. The Hall–Kier alpha value is -2.59. The van der Waals surface area contributed by atoms with Crippen molar-refractivity contribution in [3.63, 3.8) is 0 Å². The van der Waals surface area contributed by atoms with Crippen LogP contribution >= 0.6 is 15.9 Å². The van der Waals surface area contributed by atoms with Crippen molar-refractivity contribution in [1.29, 1.82) is 0 Å². The first kappa shape index (κ1) is 17.2. The van der Waals surface area contributed by atoms with Gasteiger partial charge < -0.3 is 10.2 Å². The van der Waals surface area contributed by atoms with E-state index in [-0.39, 0.29) is 12.5 Å². The lowest BCUT2D eigenvalue weighted by Gasteiger charge is -2.23. The third kappa shape index (κ3) is 4.94. The topological polar surface area (TPSA) is 32.3 Å². The third-order valence-corrected chi connectivity index (χ3v) is 4.37. The van der Waals surface area contributed by atoms with E-state index in [1.54, 1.807) is 4.90 Å². The Labute approximate surface area is 156 Å². The van der Waals surface area contributed by atoms with E-state index in [1.165, 1.54) is 0 Å². The maximum absolute atomic E-state index is 12.8. The Balaban J connectivity index is 1.74. The molecule has 0 heterocycles. The number of amides is 1. The van der Waals surface area contributed by atoms with Crippen LogP contribution in [0.2, 0.25) is 0 Å². The van der Waals surface area contributed by atoms with E-state index in [9.17, 15) is 4.79 Å². The van der Waals surface area contributed by atoms with E-state index < -0.39 is 0 Å². The highest BCUT2D eigenvalue weighted by Crippen LogP contribution is 2.18. The van der Waals surface area contributed by atoms with E-state index >= 15 is 0 Å². The number of halogens is 1. The lowest BCUT2D eigenvalue weighted by Crippen LogP contribution is -2.35. The third-order valence-electron chi connectivity index (χ3n) is 3.84. The van der Waals surface area contributed by atoms with Crippen LogP contribution in [0, 0.1) is 0 Å². The second-order valence-electron chi connectivity index (χ2n) is 5.66. The molecule has 0 saturated heterocycles. The molecule has 0 saturated carbocycles. The van der Waals surface area contributed by atoms with Crippen LogP contribution in [-0.2, 0) is 11.3 Å². The molecule has 3 rings (SSSR count). The SMILES string of the molecule is O=C(CNc1ccc(Br)cc1)N(Cc1ccccc1)c1ccccc1. The summed E-state index contributed by atoms with van der Waals surface area (Å²) in [5, 5.41) is 3.20. The molecular formula is C21H19BrN2O. The highest BCUT2D eigenvalue weighted by atomic mass is 79.9. The number of benzene rings is 3. The minimum absolute atomic E-state index is 0.0259. The molecule has 4 heteroatoms. The zero-order chi connectivity index (χ0) is 17.5. The maximum atomic E-state index is 12.8. The quantitative estimate of drug-likeness (QED) is 0.630. The number of carbonyl (C=O) groups is 1. The van der Waals surface area contributed by atoms with E-state index in [4.69, 9.17) is 0 Å². The van der Waals surface area contributed by atoms with Crippen LogP contribution in [0.5, 0.6) is 0 Å². The summed E-state index contributed by atoms with van der Waals surface area (Å²) < 4.78 is 1.01. The first-order valence-corrected chi connectivity index (χ1v) is 8.90. The summed E-state index contributed by atoms with van der Waals surface area (Å²) in [6, 6.07) is 27.6. The number of hydrogen-bond donors (Lipinski definition) is 1. The fourth-order valence-corrected chi connectivity index (χ4v) is 2.80. The first-order valence-electron chi connectivity index (χ1n) is 8.11. The van der Waals surface area contributed by atoms with Gasteiger partial charge in [0.2, 0.25) is 5.91 Å². The number of hydrogen-bond acceptors (Lipinski definition) is 2. The predicted molar refractivity (Wildman–Crippen MR) is 107 cm³/mol. The van der Waals surface area contributed by atoms with Crippen molar-refractivity contribution >= 4 is 33.2 Å². The largest absolute Gasteiger partial charge is 0.376 e. The molecule has 0 unspecified atom stereocenters. The Bertz CT molecular complexity index is 804. The van der Waals surface area contributed by atoms with Gasteiger partial charge >= 0.3 is 0 Å². The summed E-state index contributed by atoms with van der Waals surface area (Å²) in [5.41, 5.74) is 2.92. The molecule has 3 nitrogen and oxygen atoms in total. The minimum Gasteiger partial charge on any atom is -0.376 e. The molecule has 0 bridgehead atoms. The van der Waals surface area contributed by atoms with Crippen LogP contribution in [0.4, 0.5) is 11.4 Å². The van der Waals surface area contributed by atoms with Gasteiger partial charge in [0, 0.05) is 15.8 Å². The van der Waals surface area contributed by atoms with Crippen LogP contribution in [-0.4, -0.2) is 12.5 Å². The van der Waals surface area contributed by atoms with Crippen LogP contribution in [0.1, 0.15) is 5.56 Å². The molecule has 0 radical (unpaired) electrons. The van der Waals surface area contributed by atoms with E-state index in [2.05, 4.69) is 21.2 Å². The highest BCUT2D eigenvalue weighted by Gasteiger charge is 2.15. The van der Waals surface area contributed by atoms with Crippen molar-refractivity contribution in [3.8, 4) is 0 Å². The molecule has 1 N–H and O–H groups in total. The zero-order valence-electron chi connectivity index (χ0n) is 13.7. The zero-order valence-corrected chi connectivity index (χ0v) is 15.3. The van der Waals surface area contributed by atoms with Crippen molar-refractivity contribution < 1.29 is 4.79 Å². The summed E-state index contributed by atoms with van der Waals surface area (Å²) in [6.07, 6.45) is 0. The summed E-state index contributed by atoms with van der Waals surface area (Å²) in [5.74, 6) is 0.0259. The van der Waals surface area contributed by atoms with Crippen LogP contribution < -0.4 is 10.2 Å². The second kappa shape index (κ2) is 8.49. The van der Waals surface area contributed by atoms with Gasteiger partial charge in [-0.25, -0.2) is 0 Å². The molecule has 25 heavy (non-hydrogen) atoms. The van der Waals surface area contributed by atoms with Gasteiger partial charge in [-0.15, -0.1) is 0 Å². The predicted octanol–water partition coefficient (Wildman–Crippen LogP) is 5.09. The molecule has 126 valence electrons. The fourth-order valence-electron chi connectivity index (χ4n) is 2.54. The highest BCUT2D eigenvalue weighted by molar-refractivity contribution is 9.10. The lowest BCUT2D eigenvalue weighted by atomic mass is 10.2. The summed E-state index contributed by atoms with van der Waals surface area (Å²) in [4.78, 5) is 14.6. The van der Waals surface area contributed by atoms with Gasteiger partial charge in [0.1, 0.15) is 0 Å². The standard InChI is InChI=1S/C21H19BrN2O/c22-18-11-13-19(14-12-18)23-15-21(25)24(20-9-5-2-6-10-20)16-17-7-3-1-4-8-17/h1-14,23H,15-16H2. The number of nitrogens with one attached hydrogen (secondary N) is 1. The molecule has 3 aromatic carbocycles. The molecule has 0 aromatic heterocycles. The Morgan fingerprint density at radius 1 is 0.840 bits per heavy atom. The van der Waals surface area contributed by atoms with Crippen LogP contribution in [0.25, 0.3) is 0 Å². The van der Waals surface area contributed by atoms with Crippen molar-refractivity contribution in [2.45, 2.75) is 6.54 Å². The van der Waals surface area contributed by atoms with E-state index in [0.717, 1.165) is 21.4 Å². The number of carbonyl (C=O) groups excluding carboxylic acids is 1. The normalized spacial score (nSPS) is 10.3. The summed E-state index contributed by atoms with van der Waals surface area (Å²) in [6.45, 7) is 0.787. The number of anilines is 2. The van der Waals surface area contributed by atoms with Gasteiger partial charge in [-0.05, 0) is 42.0 Å². The second-order valence-corrected chi connectivity index (χ2v) is 6.58. The maximum Gasteiger partial charge on any atom is 0.246 e. The van der Waals surface area contributed by atoms with Gasteiger partial charge in [0.15, 0.2) is 0 Å². The minimum atomic E-state index is 0.0259. The van der Waals surface area contributed by atoms with Crippen molar-refractivity contribution in [1.82, 2.24) is 0 Å². The number of nitrogens with zero attached hydrogens (tertiary/aromatic N) is 1. The number of rotatable bonds is 6. The molecule has 1 amide bonds. The van der Waals surface area contributed by atoms with Gasteiger partial charge in [-0.3, -0.25) is 4.79 Å². The Kier molecular flexibility index (Phi) is 5.86. The monoisotopic (exact) mass is 394 g/mol. The van der Waals surface area contributed by atoms with E-state index in [0.29, 0.717) is 6.54 Å². The first-order chi connectivity index (χ1) is 12.2. The molecule has 3 aromatic rings. The van der Waals surface area contributed by atoms with Crippen molar-refractivity contribution in [3.05, 3.63) is 95.0 Å². The molecule has 0 aliphatic carbocycles. The summed E-state index contributed by atoms with van der Waals surface area (Å²) >= 11 is 3.41.